The Morgan fingerprint density at radius 1 is 1.33 bits per heavy atom. The van der Waals surface area contributed by atoms with Crippen molar-refractivity contribution in [3.05, 3.63) is 28.3 Å². The lowest BCUT2D eigenvalue weighted by molar-refractivity contribution is -0.138. The summed E-state index contributed by atoms with van der Waals surface area (Å²) in [6, 6.07) is 3.61. The van der Waals surface area contributed by atoms with Crippen LogP contribution in [0.4, 0.5) is 0 Å². The van der Waals surface area contributed by atoms with Gasteiger partial charge >= 0.3 is 0 Å². The number of halogens is 1. The number of carbonyl (C=O) groups is 1. The fraction of sp³-hybridized carbons (Fsp3) is 0.611. The molecule has 24 heavy (non-hydrogen) atoms. The molecule has 0 aliphatic carbocycles. The quantitative estimate of drug-likeness (QED) is 0.882. The maximum Gasteiger partial charge on any atom is 0.263 e. The molecule has 1 amide bonds. The first-order chi connectivity index (χ1) is 11.2. The molecule has 5 nitrogen and oxygen atoms in total. The number of hydrogen-bond acceptors (Lipinski definition) is 4. The van der Waals surface area contributed by atoms with Crippen LogP contribution in [0, 0.1) is 13.8 Å². The monoisotopic (exact) mass is 355 g/mol. The van der Waals surface area contributed by atoms with E-state index in [4.69, 9.17) is 25.8 Å². The molecule has 1 aromatic carbocycles. The molecule has 6 heteroatoms. The zero-order chi connectivity index (χ0) is 17.9. The van der Waals surface area contributed by atoms with Gasteiger partial charge in [0.25, 0.3) is 5.91 Å². The highest BCUT2D eigenvalue weighted by Gasteiger charge is 2.35. The summed E-state index contributed by atoms with van der Waals surface area (Å²) in [4.78, 5) is 12.7. The average molecular weight is 356 g/mol. The summed E-state index contributed by atoms with van der Waals surface area (Å²) in [5, 5.41) is 3.74. The molecule has 1 aliphatic rings. The molecule has 1 fully saturated rings. The number of nitrogens with one attached hydrogen (secondary N) is 1. The Kier molecular flexibility index (Phi) is 6.12. The standard InChI is InChI=1S/C18H26ClNO4/c1-11-8-13(9-12(2)16(11)19)24-18(3,4)17(21)20-14-6-7-23-10-15(14)22-5/h8-9,14-15H,6-7,10H2,1-5H3,(H,20,21). The lowest BCUT2D eigenvalue weighted by atomic mass is 10.0. The Morgan fingerprint density at radius 2 is 1.96 bits per heavy atom. The minimum Gasteiger partial charge on any atom is -0.478 e. The van der Waals surface area contributed by atoms with Crippen LogP contribution >= 0.6 is 11.6 Å². The van der Waals surface area contributed by atoms with Crippen molar-refractivity contribution in [3.8, 4) is 5.75 Å². The molecule has 1 aromatic rings. The summed E-state index contributed by atoms with van der Waals surface area (Å²) in [5.41, 5.74) is 0.835. The van der Waals surface area contributed by atoms with Crippen LogP contribution in [0.15, 0.2) is 12.1 Å². The minimum absolute atomic E-state index is 0.0761. The predicted octanol–water partition coefficient (Wildman–Crippen LogP) is 3.03. The molecular formula is C18H26ClNO4. The van der Waals surface area contributed by atoms with Crippen LogP contribution in [-0.4, -0.2) is 44.0 Å². The van der Waals surface area contributed by atoms with Crippen LogP contribution < -0.4 is 10.1 Å². The fourth-order valence-corrected chi connectivity index (χ4v) is 2.87. The first kappa shape index (κ1) is 19.0. The van der Waals surface area contributed by atoms with E-state index < -0.39 is 5.60 Å². The largest absolute Gasteiger partial charge is 0.478 e. The highest BCUT2D eigenvalue weighted by atomic mass is 35.5. The van der Waals surface area contributed by atoms with Crippen molar-refractivity contribution in [2.45, 2.75) is 51.9 Å². The molecular weight excluding hydrogens is 330 g/mol. The van der Waals surface area contributed by atoms with E-state index in [2.05, 4.69) is 5.32 Å². The molecule has 0 bridgehead atoms. The Bertz CT molecular complexity index is 580. The second-order valence-electron chi connectivity index (χ2n) is 6.70. The number of methoxy groups -OCH3 is 1. The first-order valence-electron chi connectivity index (χ1n) is 8.12. The van der Waals surface area contributed by atoms with Crippen LogP contribution in [0.5, 0.6) is 5.75 Å². The van der Waals surface area contributed by atoms with Gasteiger partial charge in [-0.05, 0) is 57.4 Å². The summed E-state index contributed by atoms with van der Waals surface area (Å²) in [5.74, 6) is 0.450. The zero-order valence-electron chi connectivity index (χ0n) is 14.9. The average Bonchev–Trinajstić information content (AvgIpc) is 2.52. The SMILES string of the molecule is COC1COCCC1NC(=O)C(C)(C)Oc1cc(C)c(Cl)c(C)c1. The Hall–Kier alpha value is -1.30. The normalized spacial score (nSPS) is 21.4. The molecule has 2 atom stereocenters. The molecule has 1 N–H and O–H groups in total. The first-order valence-corrected chi connectivity index (χ1v) is 8.49. The van der Waals surface area contributed by atoms with E-state index in [-0.39, 0.29) is 18.1 Å². The topological polar surface area (TPSA) is 56.8 Å². The van der Waals surface area contributed by atoms with Crippen molar-refractivity contribution in [2.24, 2.45) is 0 Å². The van der Waals surface area contributed by atoms with E-state index in [0.29, 0.717) is 19.0 Å². The Balaban J connectivity index is 2.07. The van der Waals surface area contributed by atoms with E-state index in [9.17, 15) is 4.79 Å². The Labute approximate surface area is 148 Å². The van der Waals surface area contributed by atoms with E-state index in [1.54, 1.807) is 21.0 Å². The maximum absolute atomic E-state index is 12.7. The van der Waals surface area contributed by atoms with E-state index in [0.717, 1.165) is 22.6 Å². The number of rotatable bonds is 5. The molecule has 1 saturated heterocycles. The summed E-state index contributed by atoms with van der Waals surface area (Å²) in [6.07, 6.45) is 0.581. The van der Waals surface area contributed by atoms with Gasteiger partial charge in [0.05, 0.1) is 12.6 Å². The molecule has 1 heterocycles. The second-order valence-corrected chi connectivity index (χ2v) is 7.08. The van der Waals surface area contributed by atoms with E-state index >= 15 is 0 Å². The second kappa shape index (κ2) is 7.72. The third-order valence-electron chi connectivity index (χ3n) is 4.25. The molecule has 0 aromatic heterocycles. The fourth-order valence-electron chi connectivity index (χ4n) is 2.76. The third-order valence-corrected chi connectivity index (χ3v) is 4.85. The molecule has 2 unspecified atom stereocenters. The highest BCUT2D eigenvalue weighted by Crippen LogP contribution is 2.28. The van der Waals surface area contributed by atoms with Crippen molar-refractivity contribution >= 4 is 17.5 Å². The van der Waals surface area contributed by atoms with E-state index in [1.165, 1.54) is 0 Å². The predicted molar refractivity (Wildman–Crippen MR) is 93.8 cm³/mol. The van der Waals surface area contributed by atoms with Crippen LogP contribution in [0.2, 0.25) is 5.02 Å². The van der Waals surface area contributed by atoms with Gasteiger partial charge in [-0.25, -0.2) is 0 Å². The van der Waals surface area contributed by atoms with Gasteiger partial charge in [0.1, 0.15) is 11.9 Å². The van der Waals surface area contributed by atoms with E-state index in [1.807, 2.05) is 26.0 Å². The van der Waals surface area contributed by atoms with Crippen molar-refractivity contribution in [1.82, 2.24) is 5.32 Å². The number of ether oxygens (including phenoxy) is 3. The summed E-state index contributed by atoms with van der Waals surface area (Å²) in [7, 11) is 1.62. The number of carbonyl (C=O) groups excluding carboxylic acids is 1. The van der Waals surface area contributed by atoms with Gasteiger partial charge < -0.3 is 19.5 Å². The van der Waals surface area contributed by atoms with Crippen LogP contribution in [0.25, 0.3) is 0 Å². The highest BCUT2D eigenvalue weighted by molar-refractivity contribution is 6.32. The summed E-state index contributed by atoms with van der Waals surface area (Å²) in [6.45, 7) is 8.44. The third kappa shape index (κ3) is 4.41. The lowest BCUT2D eigenvalue weighted by Crippen LogP contribution is -2.56. The molecule has 2 rings (SSSR count). The lowest BCUT2D eigenvalue weighted by Gasteiger charge is -2.34. The maximum atomic E-state index is 12.7. The molecule has 0 saturated carbocycles. The van der Waals surface area contributed by atoms with Gasteiger partial charge in [0.2, 0.25) is 0 Å². The van der Waals surface area contributed by atoms with Crippen molar-refractivity contribution < 1.29 is 19.0 Å². The van der Waals surface area contributed by atoms with Gasteiger partial charge in [0, 0.05) is 18.7 Å². The zero-order valence-corrected chi connectivity index (χ0v) is 15.7. The van der Waals surface area contributed by atoms with Crippen LogP contribution in [0.1, 0.15) is 31.4 Å². The van der Waals surface area contributed by atoms with Crippen LogP contribution in [-0.2, 0) is 14.3 Å². The van der Waals surface area contributed by atoms with Gasteiger partial charge in [0.15, 0.2) is 5.60 Å². The molecule has 134 valence electrons. The van der Waals surface area contributed by atoms with Gasteiger partial charge in [-0.2, -0.15) is 0 Å². The number of aryl methyl sites for hydroxylation is 2. The minimum atomic E-state index is -1.01. The van der Waals surface area contributed by atoms with Crippen molar-refractivity contribution in [2.75, 3.05) is 20.3 Å². The van der Waals surface area contributed by atoms with Crippen molar-refractivity contribution in [3.63, 3.8) is 0 Å². The van der Waals surface area contributed by atoms with Crippen LogP contribution in [0.3, 0.4) is 0 Å². The summed E-state index contributed by atoms with van der Waals surface area (Å²) < 4.78 is 16.7. The Morgan fingerprint density at radius 3 is 2.54 bits per heavy atom. The molecule has 0 radical (unpaired) electrons. The summed E-state index contributed by atoms with van der Waals surface area (Å²) >= 11 is 6.18. The van der Waals surface area contributed by atoms with Gasteiger partial charge in [-0.15, -0.1) is 0 Å². The number of hydrogen-bond donors (Lipinski definition) is 1. The van der Waals surface area contributed by atoms with Crippen molar-refractivity contribution in [1.29, 1.82) is 0 Å². The molecule has 1 aliphatic heterocycles. The molecule has 0 spiro atoms. The van der Waals surface area contributed by atoms with Gasteiger partial charge in [-0.1, -0.05) is 11.6 Å². The smallest absolute Gasteiger partial charge is 0.263 e. The number of amides is 1. The number of benzene rings is 1. The van der Waals surface area contributed by atoms with Gasteiger partial charge in [-0.3, -0.25) is 4.79 Å².